The number of hydrogen-bond acceptors (Lipinski definition) is 7. The van der Waals surface area contributed by atoms with Crippen molar-refractivity contribution in [2.45, 2.75) is 44.9 Å². The van der Waals surface area contributed by atoms with Gasteiger partial charge in [0, 0.05) is 41.6 Å². The molecule has 136 valence electrons. The maximum absolute atomic E-state index is 12.0. The second-order valence-corrected chi connectivity index (χ2v) is 8.26. The molecule has 1 amide bonds. The van der Waals surface area contributed by atoms with Gasteiger partial charge in [-0.15, -0.1) is 11.3 Å². The number of nitrogens with one attached hydrogen (secondary N) is 1. The molecule has 1 aliphatic carbocycles. The van der Waals surface area contributed by atoms with Crippen LogP contribution in [-0.2, 0) is 30.5 Å². The number of amides is 1. The van der Waals surface area contributed by atoms with Crippen molar-refractivity contribution in [1.82, 2.24) is 20.4 Å². The van der Waals surface area contributed by atoms with Gasteiger partial charge in [0.15, 0.2) is 0 Å². The number of hydrogen-bond donors (Lipinski definition) is 1. The van der Waals surface area contributed by atoms with E-state index in [4.69, 9.17) is 9.51 Å². The molecule has 0 aromatic carbocycles. The Morgan fingerprint density at radius 1 is 1.23 bits per heavy atom. The standard InChI is InChI=1S/C18H20N4O2S2/c23-15(5-6-16-21-18(22-24-16)12-8-10-25-11-12)19-9-7-17-20-13-3-1-2-4-14(13)26-17/h8,10-11H,1-7,9H2,(H,19,23). The lowest BCUT2D eigenvalue weighted by molar-refractivity contribution is -0.121. The first-order valence-electron chi connectivity index (χ1n) is 8.87. The van der Waals surface area contributed by atoms with Crippen LogP contribution < -0.4 is 5.32 Å². The molecular weight excluding hydrogens is 368 g/mol. The lowest BCUT2D eigenvalue weighted by Crippen LogP contribution is -2.25. The molecule has 0 unspecified atom stereocenters. The van der Waals surface area contributed by atoms with E-state index in [1.54, 1.807) is 22.7 Å². The number of carbonyl (C=O) groups is 1. The van der Waals surface area contributed by atoms with Gasteiger partial charge in [0.25, 0.3) is 0 Å². The van der Waals surface area contributed by atoms with Crippen LogP contribution in [0.4, 0.5) is 0 Å². The van der Waals surface area contributed by atoms with Gasteiger partial charge < -0.3 is 9.84 Å². The van der Waals surface area contributed by atoms with Gasteiger partial charge in [-0.2, -0.15) is 16.3 Å². The normalized spacial score (nSPS) is 13.5. The highest BCUT2D eigenvalue weighted by Crippen LogP contribution is 2.26. The van der Waals surface area contributed by atoms with Crippen molar-refractivity contribution in [2.24, 2.45) is 0 Å². The number of thiophene rings is 1. The minimum atomic E-state index is 0.00148. The molecule has 3 aromatic rings. The van der Waals surface area contributed by atoms with Crippen molar-refractivity contribution in [1.29, 1.82) is 0 Å². The molecular formula is C18H20N4O2S2. The second-order valence-electron chi connectivity index (χ2n) is 6.31. The maximum atomic E-state index is 12.0. The maximum Gasteiger partial charge on any atom is 0.227 e. The van der Waals surface area contributed by atoms with Crippen LogP contribution in [0, 0.1) is 0 Å². The summed E-state index contributed by atoms with van der Waals surface area (Å²) in [6.07, 6.45) is 6.39. The Balaban J connectivity index is 1.20. The van der Waals surface area contributed by atoms with Crippen molar-refractivity contribution in [3.05, 3.63) is 38.3 Å². The molecule has 0 radical (unpaired) electrons. The Hall–Kier alpha value is -2.06. The first-order valence-corrected chi connectivity index (χ1v) is 10.6. The Kier molecular flexibility index (Phi) is 5.40. The minimum Gasteiger partial charge on any atom is -0.356 e. The minimum absolute atomic E-state index is 0.00148. The lowest BCUT2D eigenvalue weighted by atomic mass is 10.0. The summed E-state index contributed by atoms with van der Waals surface area (Å²) >= 11 is 3.39. The van der Waals surface area contributed by atoms with Crippen LogP contribution in [0.15, 0.2) is 21.3 Å². The van der Waals surface area contributed by atoms with Crippen molar-refractivity contribution >= 4 is 28.6 Å². The zero-order chi connectivity index (χ0) is 17.8. The molecule has 0 bridgehead atoms. The topological polar surface area (TPSA) is 80.9 Å². The van der Waals surface area contributed by atoms with Gasteiger partial charge in [-0.1, -0.05) is 5.16 Å². The van der Waals surface area contributed by atoms with E-state index in [9.17, 15) is 4.79 Å². The zero-order valence-electron chi connectivity index (χ0n) is 14.4. The molecule has 4 rings (SSSR count). The molecule has 0 aliphatic heterocycles. The van der Waals surface area contributed by atoms with E-state index in [1.807, 2.05) is 16.8 Å². The molecule has 3 aromatic heterocycles. The molecule has 0 fully saturated rings. The van der Waals surface area contributed by atoms with Crippen molar-refractivity contribution < 1.29 is 9.32 Å². The largest absolute Gasteiger partial charge is 0.356 e. The molecule has 6 nitrogen and oxygen atoms in total. The number of fused-ring (bicyclic) bond motifs is 1. The molecule has 0 saturated carbocycles. The van der Waals surface area contributed by atoms with Crippen LogP contribution in [-0.4, -0.2) is 27.6 Å². The molecule has 3 heterocycles. The summed E-state index contributed by atoms with van der Waals surface area (Å²) in [4.78, 5) is 22.5. The van der Waals surface area contributed by atoms with Gasteiger partial charge in [0.2, 0.25) is 17.6 Å². The molecule has 26 heavy (non-hydrogen) atoms. The number of carbonyl (C=O) groups excluding carboxylic acids is 1. The van der Waals surface area contributed by atoms with Crippen LogP contribution in [0.1, 0.15) is 40.7 Å². The summed E-state index contributed by atoms with van der Waals surface area (Å²) in [5.74, 6) is 1.07. The number of aromatic nitrogens is 3. The zero-order valence-corrected chi connectivity index (χ0v) is 16.0. The fraction of sp³-hybridized carbons (Fsp3) is 0.444. The SMILES string of the molecule is O=C(CCc1nc(-c2ccsc2)no1)NCCc1nc2c(s1)CCCC2. The monoisotopic (exact) mass is 388 g/mol. The van der Waals surface area contributed by atoms with Crippen LogP contribution in [0.5, 0.6) is 0 Å². The fourth-order valence-corrected chi connectivity index (χ4v) is 4.79. The van der Waals surface area contributed by atoms with E-state index in [1.165, 1.54) is 23.4 Å². The number of nitrogens with zero attached hydrogens (tertiary/aromatic N) is 3. The Morgan fingerprint density at radius 2 is 2.15 bits per heavy atom. The molecule has 0 atom stereocenters. The third-order valence-corrected chi connectivity index (χ3v) is 6.26. The van der Waals surface area contributed by atoms with E-state index in [0.29, 0.717) is 31.1 Å². The molecule has 0 spiro atoms. The summed E-state index contributed by atoms with van der Waals surface area (Å²) in [6.45, 7) is 0.620. The quantitative estimate of drug-likeness (QED) is 0.671. The van der Waals surface area contributed by atoms with E-state index < -0.39 is 0 Å². The highest BCUT2D eigenvalue weighted by molar-refractivity contribution is 7.11. The van der Waals surface area contributed by atoms with Crippen molar-refractivity contribution in [2.75, 3.05) is 6.54 Å². The molecule has 1 N–H and O–H groups in total. The van der Waals surface area contributed by atoms with E-state index >= 15 is 0 Å². The molecule has 8 heteroatoms. The van der Waals surface area contributed by atoms with Crippen LogP contribution >= 0.6 is 22.7 Å². The third kappa shape index (κ3) is 4.19. The fourth-order valence-electron chi connectivity index (χ4n) is 3.00. The van der Waals surface area contributed by atoms with Gasteiger partial charge in [-0.05, 0) is 37.1 Å². The van der Waals surface area contributed by atoms with Crippen LogP contribution in [0.3, 0.4) is 0 Å². The Bertz CT molecular complexity index is 846. The van der Waals surface area contributed by atoms with E-state index in [0.717, 1.165) is 29.8 Å². The summed E-state index contributed by atoms with van der Waals surface area (Å²) < 4.78 is 5.21. The van der Waals surface area contributed by atoms with E-state index in [2.05, 4.69) is 15.5 Å². The van der Waals surface area contributed by atoms with Gasteiger partial charge in [0.1, 0.15) is 0 Å². The number of rotatable bonds is 7. The van der Waals surface area contributed by atoms with Crippen molar-refractivity contribution in [3.63, 3.8) is 0 Å². The number of thiazole rings is 1. The predicted molar refractivity (Wildman–Crippen MR) is 101 cm³/mol. The molecule has 0 saturated heterocycles. The van der Waals surface area contributed by atoms with Gasteiger partial charge in [-0.3, -0.25) is 4.79 Å². The van der Waals surface area contributed by atoms with Gasteiger partial charge >= 0.3 is 0 Å². The summed E-state index contributed by atoms with van der Waals surface area (Å²) in [7, 11) is 0. The van der Waals surface area contributed by atoms with Crippen LogP contribution in [0.25, 0.3) is 11.4 Å². The number of aryl methyl sites for hydroxylation is 3. The summed E-state index contributed by atoms with van der Waals surface area (Å²) in [5.41, 5.74) is 2.22. The molecule has 1 aliphatic rings. The summed E-state index contributed by atoms with van der Waals surface area (Å²) in [5, 5.41) is 12.0. The van der Waals surface area contributed by atoms with Gasteiger partial charge in [0.05, 0.1) is 10.7 Å². The van der Waals surface area contributed by atoms with Crippen molar-refractivity contribution in [3.8, 4) is 11.4 Å². The van der Waals surface area contributed by atoms with Crippen LogP contribution in [0.2, 0.25) is 0 Å². The highest BCUT2D eigenvalue weighted by atomic mass is 32.1. The highest BCUT2D eigenvalue weighted by Gasteiger charge is 2.15. The second kappa shape index (κ2) is 8.09. The average molecular weight is 389 g/mol. The lowest BCUT2D eigenvalue weighted by Gasteiger charge is -2.06. The Labute approximate surface area is 159 Å². The third-order valence-electron chi connectivity index (χ3n) is 4.36. The first kappa shape index (κ1) is 17.4. The average Bonchev–Trinajstić information content (AvgIpc) is 3.38. The first-order chi connectivity index (χ1) is 12.8. The van der Waals surface area contributed by atoms with E-state index in [-0.39, 0.29) is 5.91 Å². The predicted octanol–water partition coefficient (Wildman–Crippen LogP) is 3.42. The van der Waals surface area contributed by atoms with Gasteiger partial charge in [-0.25, -0.2) is 4.98 Å². The summed E-state index contributed by atoms with van der Waals surface area (Å²) in [6, 6.07) is 1.95. The Morgan fingerprint density at radius 3 is 3.00 bits per heavy atom. The smallest absolute Gasteiger partial charge is 0.227 e.